The van der Waals surface area contributed by atoms with Crippen molar-refractivity contribution >= 4 is 0 Å². The Morgan fingerprint density at radius 2 is 0.444 bits per heavy atom. The third kappa shape index (κ3) is 34.0. The van der Waals surface area contributed by atoms with Crippen LogP contribution in [0.15, 0.2) is 0 Å². The van der Waals surface area contributed by atoms with E-state index in [1.54, 1.807) is 0 Å². The van der Waals surface area contributed by atoms with Gasteiger partial charge in [-0.2, -0.15) is 0 Å². The molecule has 0 saturated heterocycles. The van der Waals surface area contributed by atoms with Crippen LogP contribution in [0, 0.1) is 0 Å². The van der Waals surface area contributed by atoms with E-state index in [-0.39, 0.29) is 0 Å². The molecule has 1 heteroatoms. The molecule has 0 amide bonds. The van der Waals surface area contributed by atoms with Crippen LogP contribution in [-0.4, -0.2) is 13.2 Å². The molecule has 0 aliphatic heterocycles. The van der Waals surface area contributed by atoms with Crippen LogP contribution in [0.3, 0.4) is 0 Å². The predicted octanol–water partition coefficient (Wildman–Crippen LogP) is 13.1. The lowest BCUT2D eigenvalue weighted by Crippen LogP contribution is -1.95. The second-order valence-corrected chi connectivity index (χ2v) is 11.9. The molecule has 36 heavy (non-hydrogen) atoms. The maximum atomic E-state index is 5.55. The Morgan fingerprint density at radius 3 is 0.667 bits per heavy atom. The zero-order valence-corrected chi connectivity index (χ0v) is 25.7. The smallest absolute Gasteiger partial charge is 0.0466 e. The molecular weight excluding hydrogens is 436 g/mol. The van der Waals surface area contributed by atoms with Gasteiger partial charge in [-0.3, -0.25) is 0 Å². The highest BCUT2D eigenvalue weighted by molar-refractivity contribution is 4.52. The van der Waals surface area contributed by atoms with Gasteiger partial charge in [-0.15, -0.1) is 0 Å². The Balaban J connectivity index is 3.00. The first-order valence-electron chi connectivity index (χ1n) is 17.5. The number of ether oxygens (including phenoxy) is 1. The topological polar surface area (TPSA) is 9.23 Å². The van der Waals surface area contributed by atoms with E-state index in [4.69, 9.17) is 4.74 Å². The zero-order chi connectivity index (χ0) is 26.0. The molecule has 0 aromatic rings. The quantitative estimate of drug-likeness (QED) is 0.0801. The summed E-state index contributed by atoms with van der Waals surface area (Å²) in [5, 5.41) is 0. The molecule has 0 aliphatic carbocycles. The average Bonchev–Trinajstić information content (AvgIpc) is 2.89. The lowest BCUT2D eigenvalue weighted by molar-refractivity contribution is 0.130. The maximum Gasteiger partial charge on any atom is 0.0466 e. The van der Waals surface area contributed by atoms with Gasteiger partial charge in [0.2, 0.25) is 0 Å². The second-order valence-electron chi connectivity index (χ2n) is 11.9. The van der Waals surface area contributed by atoms with Gasteiger partial charge in [-0.1, -0.05) is 200 Å². The highest BCUT2D eigenvalue weighted by atomic mass is 16.5. The number of hydrogen-bond donors (Lipinski definition) is 0. The van der Waals surface area contributed by atoms with Crippen LogP contribution in [0.25, 0.3) is 0 Å². The summed E-state index contributed by atoms with van der Waals surface area (Å²) >= 11 is 0. The fourth-order valence-electron chi connectivity index (χ4n) is 5.47. The molecular formula is C35H72O. The van der Waals surface area contributed by atoms with Crippen molar-refractivity contribution in [2.75, 3.05) is 13.2 Å². The van der Waals surface area contributed by atoms with Crippen molar-refractivity contribution in [2.24, 2.45) is 0 Å². The van der Waals surface area contributed by atoms with Crippen molar-refractivity contribution in [2.45, 2.75) is 213 Å². The average molecular weight is 509 g/mol. The molecule has 0 N–H and O–H groups in total. The van der Waals surface area contributed by atoms with Crippen LogP contribution >= 0.6 is 0 Å². The van der Waals surface area contributed by atoms with E-state index in [9.17, 15) is 0 Å². The first kappa shape index (κ1) is 36.0. The van der Waals surface area contributed by atoms with E-state index >= 15 is 0 Å². The lowest BCUT2D eigenvalue weighted by atomic mass is 10.0. The Morgan fingerprint density at radius 1 is 0.222 bits per heavy atom. The van der Waals surface area contributed by atoms with Crippen LogP contribution in [0.4, 0.5) is 0 Å². The van der Waals surface area contributed by atoms with E-state index in [1.807, 2.05) is 0 Å². The molecule has 0 heterocycles. The monoisotopic (exact) mass is 509 g/mol. The van der Waals surface area contributed by atoms with E-state index in [0.717, 1.165) is 19.6 Å². The van der Waals surface area contributed by atoms with E-state index in [2.05, 4.69) is 13.8 Å². The summed E-state index contributed by atoms with van der Waals surface area (Å²) in [6, 6.07) is 0. The Hall–Kier alpha value is -0.0400. The molecule has 0 saturated carbocycles. The molecule has 0 unspecified atom stereocenters. The van der Waals surface area contributed by atoms with E-state index in [0.29, 0.717) is 0 Å². The van der Waals surface area contributed by atoms with Gasteiger partial charge in [-0.05, 0) is 12.8 Å². The summed E-state index contributed by atoms with van der Waals surface area (Å²) in [5.74, 6) is 0. The summed E-state index contributed by atoms with van der Waals surface area (Å²) in [5.41, 5.74) is 0. The molecule has 0 aromatic heterocycles. The molecule has 0 aromatic carbocycles. The normalized spacial score (nSPS) is 11.5. The van der Waals surface area contributed by atoms with Crippen LogP contribution in [-0.2, 0) is 4.74 Å². The van der Waals surface area contributed by atoms with Gasteiger partial charge in [0.25, 0.3) is 0 Å². The van der Waals surface area contributed by atoms with Gasteiger partial charge in [0.15, 0.2) is 0 Å². The van der Waals surface area contributed by atoms with Gasteiger partial charge in [0.05, 0.1) is 0 Å². The van der Waals surface area contributed by atoms with E-state index < -0.39 is 0 Å². The Kier molecular flexibility index (Phi) is 34.9. The third-order valence-electron chi connectivity index (χ3n) is 7.99. The van der Waals surface area contributed by atoms with Crippen molar-refractivity contribution in [3.8, 4) is 0 Å². The molecule has 0 bridgehead atoms. The second kappa shape index (κ2) is 35.0. The van der Waals surface area contributed by atoms with E-state index in [1.165, 1.54) is 193 Å². The van der Waals surface area contributed by atoms with Crippen LogP contribution in [0.5, 0.6) is 0 Å². The number of unbranched alkanes of at least 4 members (excludes halogenated alkanes) is 29. The van der Waals surface area contributed by atoms with Crippen LogP contribution in [0.2, 0.25) is 0 Å². The van der Waals surface area contributed by atoms with Crippen LogP contribution < -0.4 is 0 Å². The van der Waals surface area contributed by atoms with Gasteiger partial charge >= 0.3 is 0 Å². The summed E-state index contributed by atoms with van der Waals surface area (Å²) in [6.07, 6.45) is 45.0. The molecule has 0 radical (unpaired) electrons. The largest absolute Gasteiger partial charge is 0.381 e. The Labute approximate surface area is 230 Å². The highest BCUT2D eigenvalue weighted by Gasteiger charge is 1.97. The van der Waals surface area contributed by atoms with Crippen molar-refractivity contribution in [1.29, 1.82) is 0 Å². The maximum absolute atomic E-state index is 5.55. The summed E-state index contributed by atoms with van der Waals surface area (Å²) in [7, 11) is 0. The molecule has 0 spiro atoms. The van der Waals surface area contributed by atoms with Crippen molar-refractivity contribution in [3.05, 3.63) is 0 Å². The minimum atomic E-state index is 0.944. The number of hydrogen-bond acceptors (Lipinski definition) is 1. The Bertz CT molecular complexity index is 319. The lowest BCUT2D eigenvalue weighted by Gasteiger charge is -2.05. The van der Waals surface area contributed by atoms with Crippen molar-refractivity contribution in [1.82, 2.24) is 0 Å². The number of rotatable bonds is 33. The van der Waals surface area contributed by atoms with Gasteiger partial charge in [-0.25, -0.2) is 0 Å². The molecule has 0 rings (SSSR count). The fraction of sp³-hybridized carbons (Fsp3) is 1.00. The van der Waals surface area contributed by atoms with Crippen LogP contribution in [0.1, 0.15) is 213 Å². The van der Waals surface area contributed by atoms with Crippen molar-refractivity contribution < 1.29 is 4.74 Å². The third-order valence-corrected chi connectivity index (χ3v) is 7.99. The first-order chi connectivity index (χ1) is 17.9. The predicted molar refractivity (Wildman–Crippen MR) is 165 cm³/mol. The molecule has 0 atom stereocenters. The molecule has 0 aliphatic rings. The minimum Gasteiger partial charge on any atom is -0.381 e. The first-order valence-corrected chi connectivity index (χ1v) is 17.5. The standard InChI is InChI=1S/C35H72O/c1-3-5-6-7-8-9-10-11-12-13-14-15-16-17-18-19-20-21-22-23-24-25-26-27-28-29-30-31-32-33-35-36-34-4-2/h3-35H2,1-2H3. The van der Waals surface area contributed by atoms with Crippen molar-refractivity contribution in [3.63, 3.8) is 0 Å². The molecule has 1 nitrogen and oxygen atoms in total. The summed E-state index contributed by atoms with van der Waals surface area (Å²) in [6.45, 7) is 6.41. The summed E-state index contributed by atoms with van der Waals surface area (Å²) < 4.78 is 5.55. The van der Waals surface area contributed by atoms with Gasteiger partial charge in [0, 0.05) is 13.2 Å². The van der Waals surface area contributed by atoms with Gasteiger partial charge in [0.1, 0.15) is 0 Å². The SMILES string of the molecule is CCCCCCCCCCCCCCCCCCCCCCCCCCCCCCCCOCCC. The summed E-state index contributed by atoms with van der Waals surface area (Å²) in [4.78, 5) is 0. The van der Waals surface area contributed by atoms with Gasteiger partial charge < -0.3 is 4.74 Å². The molecule has 218 valence electrons. The minimum absolute atomic E-state index is 0.944. The zero-order valence-electron chi connectivity index (χ0n) is 25.7. The fourth-order valence-corrected chi connectivity index (χ4v) is 5.47. The highest BCUT2D eigenvalue weighted by Crippen LogP contribution is 2.16. The molecule has 0 fully saturated rings.